The molecule has 9 heteroatoms. The number of hydrogen-bond acceptors (Lipinski definition) is 7. The molecule has 1 atom stereocenters. The van der Waals surface area contributed by atoms with E-state index in [4.69, 9.17) is 9.26 Å². The monoisotopic (exact) mass is 351 g/mol. The number of ether oxygens (including phenoxy) is 1. The molecular formula is C15H17N3O5S. The highest BCUT2D eigenvalue weighted by molar-refractivity contribution is 7.90. The predicted molar refractivity (Wildman–Crippen MR) is 82.9 cm³/mol. The molecule has 0 spiro atoms. The van der Waals surface area contributed by atoms with Gasteiger partial charge in [0.25, 0.3) is 0 Å². The number of hydrogen-bond donors (Lipinski definition) is 1. The molecule has 1 N–H and O–H groups in total. The van der Waals surface area contributed by atoms with Gasteiger partial charge in [-0.15, -0.1) is 0 Å². The first-order valence-electron chi connectivity index (χ1n) is 7.55. The Morgan fingerprint density at radius 1 is 1.29 bits per heavy atom. The number of aromatic nitrogens is 2. The second-order valence-electron chi connectivity index (χ2n) is 5.43. The molecule has 1 fully saturated rings. The number of nitrogens with zero attached hydrogens (tertiary/aromatic N) is 2. The topological polar surface area (TPSA) is 111 Å². The third-order valence-electron chi connectivity index (χ3n) is 3.60. The summed E-state index contributed by atoms with van der Waals surface area (Å²) in [5, 5.41) is 6.21. The number of benzene rings is 1. The third kappa shape index (κ3) is 3.98. The van der Waals surface area contributed by atoms with Gasteiger partial charge in [0.2, 0.25) is 0 Å². The molecule has 2 heterocycles. The number of amides is 1. The molecule has 0 radical (unpaired) electrons. The van der Waals surface area contributed by atoms with Gasteiger partial charge in [-0.2, -0.15) is 4.98 Å². The van der Waals surface area contributed by atoms with Crippen molar-refractivity contribution in [1.82, 2.24) is 15.5 Å². The summed E-state index contributed by atoms with van der Waals surface area (Å²) in [4.78, 5) is 16.0. The highest BCUT2D eigenvalue weighted by Gasteiger charge is 2.22. The van der Waals surface area contributed by atoms with Crippen molar-refractivity contribution >= 4 is 15.7 Å². The minimum atomic E-state index is -3.59. The number of rotatable bonds is 6. The molecular weight excluding hydrogens is 334 g/mol. The van der Waals surface area contributed by atoms with E-state index >= 15 is 0 Å². The number of sulfone groups is 1. The van der Waals surface area contributed by atoms with Crippen LogP contribution in [0.1, 0.15) is 29.4 Å². The van der Waals surface area contributed by atoms with E-state index in [2.05, 4.69) is 15.5 Å². The van der Waals surface area contributed by atoms with Gasteiger partial charge in [0, 0.05) is 13.2 Å². The molecule has 0 bridgehead atoms. The first-order valence-corrected chi connectivity index (χ1v) is 9.20. The maximum Gasteiger partial charge on any atom is 0.315 e. The van der Waals surface area contributed by atoms with E-state index in [1.54, 1.807) is 18.2 Å². The maximum absolute atomic E-state index is 12.2. The first kappa shape index (κ1) is 16.6. The minimum Gasteiger partial charge on any atom is -0.376 e. The number of carbonyl (C=O) groups is 1. The van der Waals surface area contributed by atoms with E-state index in [1.165, 1.54) is 12.1 Å². The Morgan fingerprint density at radius 2 is 2.08 bits per heavy atom. The van der Waals surface area contributed by atoms with Gasteiger partial charge in [0.15, 0.2) is 15.7 Å². The third-order valence-corrected chi connectivity index (χ3v) is 5.23. The molecule has 1 unspecified atom stereocenters. The maximum atomic E-state index is 12.2. The lowest BCUT2D eigenvalue weighted by Crippen LogP contribution is -2.31. The lowest BCUT2D eigenvalue weighted by molar-refractivity contribution is 0.0822. The summed E-state index contributed by atoms with van der Waals surface area (Å²) in [6.45, 7) is 1.06. The Hall–Kier alpha value is -2.26. The fourth-order valence-corrected chi connectivity index (χ4v) is 3.57. The SMILES string of the molecule is O=C(NCC1CCCO1)c1nc(CS(=O)(=O)c2ccccc2)no1. The summed E-state index contributed by atoms with van der Waals surface area (Å²) in [6, 6.07) is 7.97. The molecule has 1 aromatic carbocycles. The fourth-order valence-electron chi connectivity index (χ4n) is 2.37. The van der Waals surface area contributed by atoms with Crippen molar-refractivity contribution in [2.24, 2.45) is 0 Å². The van der Waals surface area contributed by atoms with Gasteiger partial charge < -0.3 is 14.6 Å². The van der Waals surface area contributed by atoms with Crippen LogP contribution in [0.3, 0.4) is 0 Å². The van der Waals surface area contributed by atoms with Gasteiger partial charge in [0.05, 0.1) is 11.0 Å². The average molecular weight is 351 g/mol. The molecule has 1 aliphatic rings. The molecule has 3 rings (SSSR count). The molecule has 1 aromatic heterocycles. The summed E-state index contributed by atoms with van der Waals surface area (Å²) in [6.07, 6.45) is 1.86. The Balaban J connectivity index is 1.61. The molecule has 2 aromatic rings. The van der Waals surface area contributed by atoms with E-state index in [9.17, 15) is 13.2 Å². The van der Waals surface area contributed by atoms with Crippen LogP contribution >= 0.6 is 0 Å². The van der Waals surface area contributed by atoms with Gasteiger partial charge >= 0.3 is 11.8 Å². The van der Waals surface area contributed by atoms with Crippen molar-refractivity contribution < 1.29 is 22.5 Å². The van der Waals surface area contributed by atoms with Crippen LogP contribution in [0.25, 0.3) is 0 Å². The quantitative estimate of drug-likeness (QED) is 0.824. The lowest BCUT2D eigenvalue weighted by Gasteiger charge is -2.08. The van der Waals surface area contributed by atoms with Gasteiger partial charge in [-0.1, -0.05) is 23.4 Å². The Labute approximate surface area is 139 Å². The van der Waals surface area contributed by atoms with Crippen LogP contribution in [-0.2, 0) is 20.3 Å². The van der Waals surface area contributed by atoms with Crippen LogP contribution < -0.4 is 5.32 Å². The van der Waals surface area contributed by atoms with Crippen LogP contribution in [0.2, 0.25) is 0 Å². The van der Waals surface area contributed by atoms with Crippen molar-refractivity contribution in [3.8, 4) is 0 Å². The van der Waals surface area contributed by atoms with Crippen LogP contribution in [0.4, 0.5) is 0 Å². The molecule has 24 heavy (non-hydrogen) atoms. The second-order valence-corrected chi connectivity index (χ2v) is 7.42. The normalized spacial score (nSPS) is 17.8. The van der Waals surface area contributed by atoms with Crippen molar-refractivity contribution in [1.29, 1.82) is 0 Å². The standard InChI is InChI=1S/C15H17N3O5S/c19-14(16-9-11-5-4-8-22-11)15-17-13(18-23-15)10-24(20,21)12-6-2-1-3-7-12/h1-3,6-7,11H,4-5,8-10H2,(H,16,19). The number of carbonyl (C=O) groups excluding carboxylic acids is 1. The molecule has 1 amide bonds. The zero-order valence-corrected chi connectivity index (χ0v) is 13.7. The molecule has 1 aliphatic heterocycles. The average Bonchev–Trinajstić information content (AvgIpc) is 3.25. The van der Waals surface area contributed by atoms with E-state index in [0.717, 1.165) is 12.8 Å². The van der Waals surface area contributed by atoms with E-state index in [-0.39, 0.29) is 22.7 Å². The summed E-state index contributed by atoms with van der Waals surface area (Å²) < 4.78 is 34.7. The van der Waals surface area contributed by atoms with Gasteiger partial charge in [-0.05, 0) is 25.0 Å². The highest BCUT2D eigenvalue weighted by atomic mass is 32.2. The van der Waals surface area contributed by atoms with Crippen molar-refractivity contribution in [2.45, 2.75) is 29.6 Å². The molecule has 0 aliphatic carbocycles. The van der Waals surface area contributed by atoms with Gasteiger partial charge in [-0.3, -0.25) is 4.79 Å². The van der Waals surface area contributed by atoms with Crippen molar-refractivity contribution in [3.63, 3.8) is 0 Å². The molecule has 128 valence electrons. The lowest BCUT2D eigenvalue weighted by atomic mass is 10.2. The number of nitrogens with one attached hydrogen (secondary N) is 1. The zero-order chi connectivity index (χ0) is 17.0. The fraction of sp³-hybridized carbons (Fsp3) is 0.400. The van der Waals surface area contributed by atoms with E-state index in [0.29, 0.717) is 13.2 Å². The summed E-state index contributed by atoms with van der Waals surface area (Å²) in [7, 11) is -3.59. The smallest absolute Gasteiger partial charge is 0.315 e. The highest BCUT2D eigenvalue weighted by Crippen LogP contribution is 2.14. The van der Waals surface area contributed by atoms with Crippen LogP contribution in [0.5, 0.6) is 0 Å². The van der Waals surface area contributed by atoms with Crippen LogP contribution in [0, 0.1) is 0 Å². The first-order chi connectivity index (χ1) is 11.5. The van der Waals surface area contributed by atoms with Crippen LogP contribution in [-0.4, -0.2) is 43.7 Å². The summed E-state index contributed by atoms with van der Waals surface area (Å²) in [5.41, 5.74) is 0. The van der Waals surface area contributed by atoms with Crippen molar-refractivity contribution in [3.05, 3.63) is 42.0 Å². The Bertz CT molecular complexity index is 798. The van der Waals surface area contributed by atoms with Crippen molar-refractivity contribution in [2.75, 3.05) is 13.2 Å². The van der Waals surface area contributed by atoms with Crippen LogP contribution in [0.15, 0.2) is 39.8 Å². The van der Waals surface area contributed by atoms with Gasteiger partial charge in [0.1, 0.15) is 5.75 Å². The zero-order valence-electron chi connectivity index (χ0n) is 12.8. The molecule has 0 saturated carbocycles. The molecule has 1 saturated heterocycles. The molecule has 8 nitrogen and oxygen atoms in total. The largest absolute Gasteiger partial charge is 0.376 e. The minimum absolute atomic E-state index is 0.00481. The van der Waals surface area contributed by atoms with Gasteiger partial charge in [-0.25, -0.2) is 8.42 Å². The summed E-state index contributed by atoms with van der Waals surface area (Å²) >= 11 is 0. The van der Waals surface area contributed by atoms with E-state index in [1.807, 2.05) is 0 Å². The summed E-state index contributed by atoms with van der Waals surface area (Å²) in [5.74, 6) is -1.28. The predicted octanol–water partition coefficient (Wildman–Crippen LogP) is 0.952. The second kappa shape index (κ2) is 7.10. The Morgan fingerprint density at radius 3 is 2.79 bits per heavy atom. The Kier molecular flexibility index (Phi) is 4.91. The van der Waals surface area contributed by atoms with E-state index < -0.39 is 21.5 Å².